The molecule has 0 unspecified atom stereocenters. The van der Waals surface area contributed by atoms with Crippen molar-refractivity contribution in [3.05, 3.63) is 35.8 Å². The molecule has 0 saturated heterocycles. The minimum atomic E-state index is -0.422. The quantitative estimate of drug-likeness (QED) is 0.826. The molecule has 1 aromatic rings. The van der Waals surface area contributed by atoms with Crippen LogP contribution in [0.1, 0.15) is 52.0 Å². The lowest BCUT2D eigenvalue weighted by atomic mass is 9.46. The molecule has 5 atom stereocenters. The van der Waals surface area contributed by atoms with E-state index in [1.54, 1.807) is 6.26 Å². The number of aryl methyl sites for hydroxylation is 1. The topological polar surface area (TPSA) is 53.6 Å². The van der Waals surface area contributed by atoms with Crippen molar-refractivity contribution < 1.29 is 14.6 Å². The molecule has 0 bridgehead atoms. The summed E-state index contributed by atoms with van der Waals surface area (Å²) in [5.41, 5.74) is 2.48. The summed E-state index contributed by atoms with van der Waals surface area (Å²) < 4.78 is 5.21. The zero-order valence-electron chi connectivity index (χ0n) is 14.6. The van der Waals surface area contributed by atoms with Crippen LogP contribution in [0.3, 0.4) is 0 Å². The van der Waals surface area contributed by atoms with Gasteiger partial charge in [0, 0.05) is 0 Å². The predicted molar refractivity (Wildman–Crippen MR) is 90.9 cm³/mol. The van der Waals surface area contributed by atoms with Crippen LogP contribution in [0.4, 0.5) is 0 Å². The van der Waals surface area contributed by atoms with E-state index in [9.17, 15) is 10.2 Å². The first-order chi connectivity index (χ1) is 10.9. The Morgan fingerprint density at radius 1 is 1.35 bits per heavy atom. The van der Waals surface area contributed by atoms with Gasteiger partial charge < -0.3 is 14.6 Å². The Bertz CT molecular complexity index is 561. The van der Waals surface area contributed by atoms with Gasteiger partial charge in [0.05, 0.1) is 25.2 Å². The van der Waals surface area contributed by atoms with Gasteiger partial charge in [0.15, 0.2) is 0 Å². The van der Waals surface area contributed by atoms with E-state index in [0.29, 0.717) is 11.8 Å². The third-order valence-corrected chi connectivity index (χ3v) is 7.09. The van der Waals surface area contributed by atoms with Gasteiger partial charge >= 0.3 is 0 Å². The van der Waals surface area contributed by atoms with Crippen molar-refractivity contribution in [3.63, 3.8) is 0 Å². The lowest BCUT2D eigenvalue weighted by Gasteiger charge is -2.58. The zero-order chi connectivity index (χ0) is 16.7. The van der Waals surface area contributed by atoms with Crippen LogP contribution in [0.2, 0.25) is 0 Å². The Labute approximate surface area is 139 Å². The number of furan rings is 1. The Kier molecular flexibility index (Phi) is 4.45. The fourth-order valence-electron chi connectivity index (χ4n) is 5.24. The maximum absolute atomic E-state index is 10.3. The van der Waals surface area contributed by atoms with Crippen molar-refractivity contribution in [3.8, 4) is 0 Å². The largest absolute Gasteiger partial charge is 0.472 e. The lowest BCUT2D eigenvalue weighted by Crippen LogP contribution is -2.52. The van der Waals surface area contributed by atoms with Crippen LogP contribution in [0, 0.1) is 22.7 Å². The highest BCUT2D eigenvalue weighted by molar-refractivity contribution is 5.25. The average molecular weight is 318 g/mol. The van der Waals surface area contributed by atoms with Gasteiger partial charge in [-0.05, 0) is 72.0 Å². The zero-order valence-corrected chi connectivity index (χ0v) is 14.6. The van der Waals surface area contributed by atoms with Crippen molar-refractivity contribution in [2.45, 2.75) is 59.0 Å². The fraction of sp³-hybridized carbons (Fsp3) is 0.700. The van der Waals surface area contributed by atoms with E-state index in [1.807, 2.05) is 18.4 Å². The van der Waals surface area contributed by atoms with Gasteiger partial charge in [-0.3, -0.25) is 0 Å². The molecule has 2 aliphatic carbocycles. The maximum atomic E-state index is 10.3. The van der Waals surface area contributed by atoms with Crippen LogP contribution in [0.15, 0.2) is 34.7 Å². The van der Waals surface area contributed by atoms with Crippen LogP contribution in [-0.2, 0) is 6.42 Å². The summed E-state index contributed by atoms with van der Waals surface area (Å²) in [4.78, 5) is 0. The number of fused-ring (bicyclic) bond motifs is 1. The summed E-state index contributed by atoms with van der Waals surface area (Å²) >= 11 is 0. The van der Waals surface area contributed by atoms with Crippen LogP contribution < -0.4 is 0 Å². The molecule has 23 heavy (non-hydrogen) atoms. The van der Waals surface area contributed by atoms with Crippen molar-refractivity contribution >= 4 is 0 Å². The van der Waals surface area contributed by atoms with Crippen LogP contribution in [0.5, 0.6) is 0 Å². The minimum absolute atomic E-state index is 0.0195. The number of aliphatic hydroxyl groups excluding tert-OH is 2. The molecule has 1 aromatic heterocycles. The Morgan fingerprint density at radius 3 is 2.78 bits per heavy atom. The number of hydrogen-bond donors (Lipinski definition) is 2. The Balaban J connectivity index is 1.90. The molecule has 0 aromatic carbocycles. The molecule has 2 aliphatic rings. The molecule has 0 spiro atoms. The Hall–Kier alpha value is -1.06. The molecular formula is C20H30O3. The molecule has 1 saturated carbocycles. The van der Waals surface area contributed by atoms with Crippen molar-refractivity contribution in [1.82, 2.24) is 0 Å². The van der Waals surface area contributed by atoms with E-state index in [0.717, 1.165) is 31.3 Å². The lowest BCUT2D eigenvalue weighted by molar-refractivity contribution is -0.0689. The third-order valence-electron chi connectivity index (χ3n) is 7.09. The summed E-state index contributed by atoms with van der Waals surface area (Å²) in [5.74, 6) is 1.03. The molecule has 0 radical (unpaired) electrons. The van der Waals surface area contributed by atoms with E-state index in [2.05, 4.69) is 20.8 Å². The summed E-state index contributed by atoms with van der Waals surface area (Å²) in [6, 6.07) is 2.05. The number of rotatable bonds is 4. The van der Waals surface area contributed by atoms with Gasteiger partial charge in [0.25, 0.3) is 0 Å². The molecule has 1 fully saturated rings. The van der Waals surface area contributed by atoms with E-state index in [1.165, 1.54) is 12.0 Å². The molecule has 1 heterocycles. The highest BCUT2D eigenvalue weighted by Crippen LogP contribution is 2.61. The summed E-state index contributed by atoms with van der Waals surface area (Å²) in [6.07, 6.45) is 10.3. The smallest absolute Gasteiger partial charge is 0.0934 e. The van der Waals surface area contributed by atoms with E-state index < -0.39 is 6.10 Å². The van der Waals surface area contributed by atoms with E-state index >= 15 is 0 Å². The number of aliphatic hydroxyl groups is 2. The number of hydrogen-bond acceptors (Lipinski definition) is 3. The maximum Gasteiger partial charge on any atom is 0.0934 e. The second-order valence-corrected chi connectivity index (χ2v) is 8.20. The predicted octanol–water partition coefficient (Wildman–Crippen LogP) is 3.95. The standard InChI is InChI=1S/C20H30O3/c1-14-4-7-20(3)16(12-21)10-17(22)11-18(20)19(14,2)8-5-15-6-9-23-13-15/h6,9-10,13-14,17-18,21-22H,4-5,7-8,11-12H2,1-3H3/t14-,17-,18-,19+,20+/m1/s1. The van der Waals surface area contributed by atoms with Gasteiger partial charge in [-0.15, -0.1) is 0 Å². The molecule has 3 nitrogen and oxygen atoms in total. The molecule has 128 valence electrons. The normalized spacial score (nSPS) is 40.6. The monoisotopic (exact) mass is 318 g/mol. The SMILES string of the molecule is C[C@@H]1CC[C@@]2(C)C(CO)=C[C@@H](O)C[C@@H]2[C@@]1(C)CCc1ccoc1. The first-order valence-corrected chi connectivity index (χ1v) is 8.91. The average Bonchev–Trinajstić information content (AvgIpc) is 3.04. The second kappa shape index (κ2) is 6.10. The van der Waals surface area contributed by atoms with Gasteiger partial charge in [-0.25, -0.2) is 0 Å². The van der Waals surface area contributed by atoms with Crippen molar-refractivity contribution in [2.24, 2.45) is 22.7 Å². The highest BCUT2D eigenvalue weighted by Gasteiger charge is 2.54. The summed E-state index contributed by atoms with van der Waals surface area (Å²) in [6.45, 7) is 7.12. The Morgan fingerprint density at radius 2 is 2.13 bits per heavy atom. The van der Waals surface area contributed by atoms with Gasteiger partial charge in [-0.2, -0.15) is 0 Å². The molecule has 2 N–H and O–H groups in total. The van der Waals surface area contributed by atoms with Crippen LogP contribution in [-0.4, -0.2) is 22.9 Å². The summed E-state index contributed by atoms with van der Waals surface area (Å²) in [7, 11) is 0. The van der Waals surface area contributed by atoms with Gasteiger partial charge in [0.1, 0.15) is 0 Å². The van der Waals surface area contributed by atoms with E-state index in [-0.39, 0.29) is 17.4 Å². The second-order valence-electron chi connectivity index (χ2n) is 8.20. The van der Waals surface area contributed by atoms with Gasteiger partial charge in [-0.1, -0.05) is 26.8 Å². The molecule has 3 rings (SSSR count). The van der Waals surface area contributed by atoms with Crippen molar-refractivity contribution in [2.75, 3.05) is 6.61 Å². The molecule has 3 heteroatoms. The molecule has 0 amide bonds. The highest BCUT2D eigenvalue weighted by atomic mass is 16.3. The van der Waals surface area contributed by atoms with Crippen LogP contribution >= 0.6 is 0 Å². The minimum Gasteiger partial charge on any atom is -0.472 e. The molecular weight excluding hydrogens is 288 g/mol. The fourth-order valence-corrected chi connectivity index (χ4v) is 5.24. The third kappa shape index (κ3) is 2.78. The van der Waals surface area contributed by atoms with Crippen molar-refractivity contribution in [1.29, 1.82) is 0 Å². The molecule has 0 aliphatic heterocycles. The summed E-state index contributed by atoms with van der Waals surface area (Å²) in [5, 5.41) is 20.2. The first kappa shape index (κ1) is 16.8. The van der Waals surface area contributed by atoms with Crippen LogP contribution in [0.25, 0.3) is 0 Å². The van der Waals surface area contributed by atoms with Gasteiger partial charge in [0.2, 0.25) is 0 Å². The first-order valence-electron chi connectivity index (χ1n) is 8.91. The van der Waals surface area contributed by atoms with E-state index in [4.69, 9.17) is 4.42 Å².